The lowest BCUT2D eigenvalue weighted by molar-refractivity contribution is -0.122. The molecule has 0 N–H and O–H groups in total. The molecule has 1 saturated heterocycles. The fraction of sp³-hybridized carbons (Fsp3) is 0.400. The summed E-state index contributed by atoms with van der Waals surface area (Å²) in [6.45, 7) is 4.20. The van der Waals surface area contributed by atoms with Gasteiger partial charge in [-0.3, -0.25) is 4.79 Å². The van der Waals surface area contributed by atoms with Crippen molar-refractivity contribution in [3.05, 3.63) is 41.9 Å². The van der Waals surface area contributed by atoms with Crippen molar-refractivity contribution in [3.63, 3.8) is 0 Å². The molecule has 7 heteroatoms. The summed E-state index contributed by atoms with van der Waals surface area (Å²) in [6, 6.07) is 8.21. The third kappa shape index (κ3) is 2.65. The highest BCUT2D eigenvalue weighted by Gasteiger charge is 2.34. The number of piperidine rings is 1. The lowest BCUT2D eigenvalue weighted by Crippen LogP contribution is -2.45. The largest absolute Gasteiger partial charge is 0.355 e. The van der Waals surface area contributed by atoms with E-state index in [0.717, 1.165) is 54.9 Å². The Balaban J connectivity index is 1.41. The summed E-state index contributed by atoms with van der Waals surface area (Å²) in [6.07, 6.45) is 4.31. The third-order valence-electron chi connectivity index (χ3n) is 5.65. The average molecular weight is 363 g/mol. The number of anilines is 2. The molecule has 0 aliphatic carbocycles. The van der Waals surface area contributed by atoms with Crippen molar-refractivity contribution < 1.29 is 9.32 Å². The minimum absolute atomic E-state index is 0.0323. The van der Waals surface area contributed by atoms with Crippen LogP contribution in [0, 0.1) is 12.8 Å². The normalized spacial score (nSPS) is 19.5. The van der Waals surface area contributed by atoms with Crippen molar-refractivity contribution in [2.75, 3.05) is 29.4 Å². The van der Waals surface area contributed by atoms with Crippen molar-refractivity contribution in [2.45, 2.75) is 26.2 Å². The van der Waals surface area contributed by atoms with Gasteiger partial charge in [0.1, 0.15) is 17.5 Å². The van der Waals surface area contributed by atoms with Gasteiger partial charge in [0, 0.05) is 25.3 Å². The number of hydrogen-bond acceptors (Lipinski definition) is 6. The molecule has 1 atom stereocenters. The molecule has 27 heavy (non-hydrogen) atoms. The minimum Gasteiger partial charge on any atom is -0.355 e. The van der Waals surface area contributed by atoms with Crippen LogP contribution in [0.15, 0.2) is 35.1 Å². The number of aryl methyl sites for hydroxylation is 1. The monoisotopic (exact) mass is 363 g/mol. The van der Waals surface area contributed by atoms with E-state index in [9.17, 15) is 4.79 Å². The Morgan fingerprint density at radius 2 is 2.11 bits per heavy atom. The fourth-order valence-electron chi connectivity index (χ4n) is 4.30. The molecule has 2 aliphatic rings. The minimum atomic E-state index is -0.0323. The van der Waals surface area contributed by atoms with Gasteiger partial charge in [-0.25, -0.2) is 4.98 Å². The van der Waals surface area contributed by atoms with Crippen molar-refractivity contribution in [1.82, 2.24) is 15.1 Å². The predicted molar refractivity (Wildman–Crippen MR) is 102 cm³/mol. The van der Waals surface area contributed by atoms with Crippen molar-refractivity contribution >= 4 is 28.5 Å². The van der Waals surface area contributed by atoms with E-state index in [1.54, 1.807) is 0 Å². The second-order valence-electron chi connectivity index (χ2n) is 7.30. The molecule has 1 unspecified atom stereocenters. The van der Waals surface area contributed by atoms with Gasteiger partial charge in [0.15, 0.2) is 0 Å². The molecule has 2 aliphatic heterocycles. The summed E-state index contributed by atoms with van der Waals surface area (Å²) in [7, 11) is 0. The lowest BCUT2D eigenvalue weighted by Gasteiger charge is -2.34. The Morgan fingerprint density at radius 1 is 1.22 bits per heavy atom. The van der Waals surface area contributed by atoms with Gasteiger partial charge in [-0.2, -0.15) is 4.98 Å². The number of hydrogen-bond donors (Lipinski definition) is 0. The zero-order chi connectivity index (χ0) is 18.4. The van der Waals surface area contributed by atoms with Crippen molar-refractivity contribution in [1.29, 1.82) is 0 Å². The Hall–Kier alpha value is -2.96. The number of amides is 1. The Kier molecular flexibility index (Phi) is 3.81. The van der Waals surface area contributed by atoms with Crippen LogP contribution in [-0.4, -0.2) is 40.7 Å². The highest BCUT2D eigenvalue weighted by molar-refractivity contribution is 5.97. The first-order valence-corrected chi connectivity index (χ1v) is 9.43. The number of nitrogens with zero attached hydrogens (tertiary/aromatic N) is 5. The molecule has 5 rings (SSSR count). The molecule has 1 fully saturated rings. The number of rotatable bonds is 2. The number of aromatic nitrogens is 3. The maximum Gasteiger partial charge on any atom is 0.263 e. The molecule has 1 amide bonds. The van der Waals surface area contributed by atoms with E-state index < -0.39 is 0 Å². The number of carbonyl (C=O) groups is 1. The van der Waals surface area contributed by atoms with Crippen LogP contribution in [-0.2, 0) is 11.2 Å². The highest BCUT2D eigenvalue weighted by atomic mass is 16.5. The fourth-order valence-corrected chi connectivity index (χ4v) is 4.30. The van der Waals surface area contributed by atoms with E-state index in [1.807, 2.05) is 24.0 Å². The summed E-state index contributed by atoms with van der Waals surface area (Å²) in [5, 5.41) is 4.86. The third-order valence-corrected chi connectivity index (χ3v) is 5.65. The van der Waals surface area contributed by atoms with Crippen LogP contribution in [0.3, 0.4) is 0 Å². The second-order valence-corrected chi connectivity index (χ2v) is 7.30. The van der Waals surface area contributed by atoms with Crippen LogP contribution >= 0.6 is 0 Å². The quantitative estimate of drug-likeness (QED) is 0.697. The van der Waals surface area contributed by atoms with Gasteiger partial charge < -0.3 is 14.3 Å². The first kappa shape index (κ1) is 16.2. The molecule has 0 spiro atoms. The first-order valence-electron chi connectivity index (χ1n) is 9.43. The van der Waals surface area contributed by atoms with Crippen LogP contribution < -0.4 is 9.80 Å². The van der Waals surface area contributed by atoms with Gasteiger partial charge >= 0.3 is 0 Å². The van der Waals surface area contributed by atoms with E-state index in [-0.39, 0.29) is 11.8 Å². The summed E-state index contributed by atoms with van der Waals surface area (Å²) >= 11 is 0. The summed E-state index contributed by atoms with van der Waals surface area (Å²) in [5.74, 6) is 1.00. The molecule has 0 saturated carbocycles. The van der Waals surface area contributed by atoms with Gasteiger partial charge in [-0.15, -0.1) is 0 Å². The molecular weight excluding hydrogens is 342 g/mol. The molecule has 0 bridgehead atoms. The SMILES string of the molecule is Cc1noc2ncnc(N3CCCC(C(=O)N4CCc5ccccc54)C3)c12. The van der Waals surface area contributed by atoms with E-state index in [0.29, 0.717) is 12.3 Å². The van der Waals surface area contributed by atoms with E-state index in [2.05, 4.69) is 32.2 Å². The summed E-state index contributed by atoms with van der Waals surface area (Å²) in [5.41, 5.74) is 3.61. The number of fused-ring (bicyclic) bond motifs is 2. The van der Waals surface area contributed by atoms with E-state index in [4.69, 9.17) is 4.52 Å². The Morgan fingerprint density at radius 3 is 3.04 bits per heavy atom. The van der Waals surface area contributed by atoms with Crippen molar-refractivity contribution in [3.8, 4) is 0 Å². The van der Waals surface area contributed by atoms with Gasteiger partial charge in [0.25, 0.3) is 5.71 Å². The van der Waals surface area contributed by atoms with Gasteiger partial charge in [0.2, 0.25) is 5.91 Å². The molecule has 2 aromatic heterocycles. The molecule has 3 aromatic rings. The van der Waals surface area contributed by atoms with Crippen molar-refractivity contribution in [2.24, 2.45) is 5.92 Å². The maximum atomic E-state index is 13.3. The average Bonchev–Trinajstić information content (AvgIpc) is 3.31. The van der Waals surface area contributed by atoms with Crippen LogP contribution in [0.1, 0.15) is 24.1 Å². The van der Waals surface area contributed by atoms with E-state index >= 15 is 0 Å². The zero-order valence-corrected chi connectivity index (χ0v) is 15.3. The zero-order valence-electron chi connectivity index (χ0n) is 15.3. The molecule has 138 valence electrons. The van der Waals surface area contributed by atoms with Crippen LogP contribution in [0.4, 0.5) is 11.5 Å². The molecule has 4 heterocycles. The number of benzene rings is 1. The molecule has 7 nitrogen and oxygen atoms in total. The lowest BCUT2D eigenvalue weighted by atomic mass is 9.96. The number of carbonyl (C=O) groups excluding carboxylic acids is 1. The Bertz CT molecular complexity index is 1010. The van der Waals surface area contributed by atoms with Gasteiger partial charge in [-0.1, -0.05) is 23.4 Å². The molecular formula is C20H21N5O2. The van der Waals surface area contributed by atoms with Crippen LogP contribution in [0.5, 0.6) is 0 Å². The standard InChI is InChI=1S/C20H21N5O2/c1-13-17-18(21-12-22-19(17)27-23-13)24-9-4-6-15(11-24)20(26)25-10-8-14-5-2-3-7-16(14)25/h2-3,5,7,12,15H,4,6,8-11H2,1H3. The number of para-hydroxylation sites is 1. The highest BCUT2D eigenvalue weighted by Crippen LogP contribution is 2.33. The van der Waals surface area contributed by atoms with Crippen LogP contribution in [0.25, 0.3) is 11.1 Å². The maximum absolute atomic E-state index is 13.3. The molecule has 0 radical (unpaired) electrons. The summed E-state index contributed by atoms with van der Waals surface area (Å²) < 4.78 is 5.27. The van der Waals surface area contributed by atoms with Crippen LogP contribution in [0.2, 0.25) is 0 Å². The van der Waals surface area contributed by atoms with Gasteiger partial charge in [0.05, 0.1) is 11.6 Å². The predicted octanol–water partition coefficient (Wildman–Crippen LogP) is 2.73. The topological polar surface area (TPSA) is 75.4 Å². The smallest absolute Gasteiger partial charge is 0.263 e. The molecule has 1 aromatic carbocycles. The van der Waals surface area contributed by atoms with E-state index in [1.165, 1.54) is 11.9 Å². The second kappa shape index (κ2) is 6.33. The first-order chi connectivity index (χ1) is 13.2. The Labute approximate surface area is 157 Å². The van der Waals surface area contributed by atoms with Gasteiger partial charge in [-0.05, 0) is 37.8 Å². The summed E-state index contributed by atoms with van der Waals surface area (Å²) in [4.78, 5) is 26.0.